The fraction of sp³-hybridized carbons (Fsp3) is 0.581. The van der Waals surface area contributed by atoms with Gasteiger partial charge in [0.2, 0.25) is 0 Å². The number of benzene rings is 2. The molecule has 4 atom stereocenters. The lowest BCUT2D eigenvalue weighted by molar-refractivity contribution is -0.183. The Morgan fingerprint density at radius 3 is 2.63 bits per heavy atom. The van der Waals surface area contributed by atoms with E-state index in [-0.39, 0.29) is 37.5 Å². The first-order chi connectivity index (χ1) is 19.6. The van der Waals surface area contributed by atoms with Crippen LogP contribution in [0.4, 0.5) is 8.78 Å². The SMILES string of the molecule is Cc1cccc(CO[C@]2(C(=O)NCCN3CCOCC3)C[C@H](OCc3ccc(F)cc3F)[C@@H]3OC(C)(C)O[C@@H]3C2)c1. The van der Waals surface area contributed by atoms with Crippen LogP contribution in [0.15, 0.2) is 42.5 Å². The zero-order valence-electron chi connectivity index (χ0n) is 24.0. The van der Waals surface area contributed by atoms with Crippen LogP contribution in [0.25, 0.3) is 0 Å². The Labute approximate surface area is 240 Å². The molecule has 0 radical (unpaired) electrons. The van der Waals surface area contributed by atoms with Crippen molar-refractivity contribution in [3.05, 3.63) is 70.8 Å². The molecule has 1 N–H and O–H groups in total. The molecular formula is C31H40F2N2O6. The quantitative estimate of drug-likeness (QED) is 0.462. The third-order valence-electron chi connectivity index (χ3n) is 7.95. The third kappa shape index (κ3) is 7.49. The number of morpholine rings is 1. The van der Waals surface area contributed by atoms with Crippen molar-refractivity contribution in [1.29, 1.82) is 0 Å². The van der Waals surface area contributed by atoms with Gasteiger partial charge in [-0.05, 0) is 32.4 Å². The Hall–Kier alpha value is -2.47. The lowest BCUT2D eigenvalue weighted by atomic mass is 9.78. The van der Waals surface area contributed by atoms with E-state index in [0.29, 0.717) is 26.3 Å². The molecule has 2 saturated heterocycles. The molecule has 0 unspecified atom stereocenters. The number of ether oxygens (including phenoxy) is 5. The van der Waals surface area contributed by atoms with Gasteiger partial charge in [0.05, 0.1) is 38.6 Å². The van der Waals surface area contributed by atoms with Crippen molar-refractivity contribution in [2.24, 2.45) is 0 Å². The van der Waals surface area contributed by atoms with Crippen LogP contribution >= 0.6 is 0 Å². The standard InChI is InChI=1S/C31H40F2N2O6/c1-21-5-4-6-22(15-21)19-39-31(29(36)34-9-10-35-11-13-37-14-12-35)17-26(28-27(18-31)40-30(2,3)41-28)38-20-23-7-8-24(32)16-25(23)33/h4-8,15-16,26-28H,9-14,17-20H2,1-3H3,(H,34,36)/t26-,27+,28-,31+/m0/s1. The normalized spacial score (nSPS) is 27.9. The van der Waals surface area contributed by atoms with E-state index < -0.39 is 41.3 Å². The second-order valence-electron chi connectivity index (χ2n) is 11.6. The average molecular weight is 575 g/mol. The molecular weight excluding hydrogens is 534 g/mol. The zero-order chi connectivity index (χ0) is 29.0. The van der Waals surface area contributed by atoms with Crippen molar-refractivity contribution in [2.75, 3.05) is 39.4 Å². The molecule has 0 bridgehead atoms. The molecule has 5 rings (SSSR count). The number of amides is 1. The van der Waals surface area contributed by atoms with Gasteiger partial charge in [0.25, 0.3) is 5.91 Å². The van der Waals surface area contributed by atoms with Crippen molar-refractivity contribution >= 4 is 5.91 Å². The maximum atomic E-state index is 14.4. The highest BCUT2D eigenvalue weighted by atomic mass is 19.1. The lowest BCUT2D eigenvalue weighted by Crippen LogP contribution is -2.60. The fourth-order valence-corrected chi connectivity index (χ4v) is 5.88. The molecule has 0 spiro atoms. The van der Waals surface area contributed by atoms with Crippen LogP contribution < -0.4 is 5.32 Å². The Kier molecular flexibility index (Phi) is 9.37. The van der Waals surface area contributed by atoms with Gasteiger partial charge in [0.15, 0.2) is 11.4 Å². The van der Waals surface area contributed by atoms with E-state index in [1.165, 1.54) is 12.1 Å². The highest BCUT2D eigenvalue weighted by Crippen LogP contribution is 2.44. The third-order valence-corrected chi connectivity index (χ3v) is 7.95. The average Bonchev–Trinajstić information content (AvgIpc) is 3.25. The second kappa shape index (κ2) is 12.8. The van der Waals surface area contributed by atoms with Gasteiger partial charge in [-0.15, -0.1) is 0 Å². The predicted molar refractivity (Wildman–Crippen MR) is 147 cm³/mol. The number of nitrogens with zero attached hydrogens (tertiary/aromatic N) is 1. The van der Waals surface area contributed by atoms with Gasteiger partial charge in [-0.2, -0.15) is 0 Å². The first-order valence-electron chi connectivity index (χ1n) is 14.3. The van der Waals surface area contributed by atoms with E-state index in [9.17, 15) is 13.6 Å². The molecule has 2 aromatic carbocycles. The van der Waals surface area contributed by atoms with Crippen LogP contribution in [0.3, 0.4) is 0 Å². The largest absolute Gasteiger partial charge is 0.379 e. The molecule has 2 aromatic rings. The highest BCUT2D eigenvalue weighted by molar-refractivity contribution is 5.85. The molecule has 8 nitrogen and oxygen atoms in total. The molecule has 1 aliphatic carbocycles. The van der Waals surface area contributed by atoms with E-state index >= 15 is 0 Å². The summed E-state index contributed by atoms with van der Waals surface area (Å²) in [6, 6.07) is 11.3. The van der Waals surface area contributed by atoms with E-state index in [1.807, 2.05) is 45.0 Å². The van der Waals surface area contributed by atoms with Crippen LogP contribution in [0, 0.1) is 18.6 Å². The van der Waals surface area contributed by atoms with Crippen molar-refractivity contribution < 1.29 is 37.3 Å². The first-order valence-corrected chi connectivity index (χ1v) is 14.3. The first kappa shape index (κ1) is 30.0. The zero-order valence-corrected chi connectivity index (χ0v) is 24.0. The van der Waals surface area contributed by atoms with Gasteiger partial charge in [0.1, 0.15) is 17.7 Å². The molecule has 3 fully saturated rings. The summed E-state index contributed by atoms with van der Waals surface area (Å²) in [4.78, 5) is 16.2. The topological polar surface area (TPSA) is 78.5 Å². The molecule has 224 valence electrons. The van der Waals surface area contributed by atoms with Gasteiger partial charge >= 0.3 is 0 Å². The van der Waals surface area contributed by atoms with Gasteiger partial charge < -0.3 is 29.0 Å². The van der Waals surface area contributed by atoms with Crippen molar-refractivity contribution in [3.8, 4) is 0 Å². The van der Waals surface area contributed by atoms with E-state index in [2.05, 4.69) is 10.2 Å². The van der Waals surface area contributed by atoms with Crippen LogP contribution in [0.2, 0.25) is 0 Å². The number of carbonyl (C=O) groups excluding carboxylic acids is 1. The van der Waals surface area contributed by atoms with Crippen LogP contribution in [0.5, 0.6) is 0 Å². The summed E-state index contributed by atoms with van der Waals surface area (Å²) in [5, 5.41) is 3.10. The van der Waals surface area contributed by atoms with E-state index in [1.54, 1.807) is 0 Å². The molecule has 2 aliphatic heterocycles. The summed E-state index contributed by atoms with van der Waals surface area (Å²) in [5.41, 5.74) is 0.983. The number of carbonyl (C=O) groups is 1. The number of hydrogen-bond donors (Lipinski definition) is 1. The molecule has 41 heavy (non-hydrogen) atoms. The minimum Gasteiger partial charge on any atom is -0.379 e. The highest BCUT2D eigenvalue weighted by Gasteiger charge is 2.58. The minimum absolute atomic E-state index is 0.115. The fourth-order valence-electron chi connectivity index (χ4n) is 5.88. The number of rotatable bonds is 10. The van der Waals surface area contributed by atoms with Crippen molar-refractivity contribution in [3.63, 3.8) is 0 Å². The van der Waals surface area contributed by atoms with Gasteiger partial charge in [-0.1, -0.05) is 35.9 Å². The number of halogens is 2. The van der Waals surface area contributed by atoms with Crippen LogP contribution in [-0.2, 0) is 41.7 Å². The number of hydrogen-bond acceptors (Lipinski definition) is 7. The lowest BCUT2D eigenvalue weighted by Gasteiger charge is -2.43. The van der Waals surface area contributed by atoms with Gasteiger partial charge in [0, 0.05) is 50.7 Å². The minimum atomic E-state index is -1.27. The molecule has 1 amide bonds. The second-order valence-corrected chi connectivity index (χ2v) is 11.6. The molecule has 0 aromatic heterocycles. The van der Waals surface area contributed by atoms with Crippen molar-refractivity contribution in [2.45, 2.75) is 76.5 Å². The van der Waals surface area contributed by atoms with E-state index in [4.69, 9.17) is 23.7 Å². The maximum absolute atomic E-state index is 14.4. The molecule has 2 heterocycles. The van der Waals surface area contributed by atoms with Crippen molar-refractivity contribution in [1.82, 2.24) is 10.2 Å². The summed E-state index contributed by atoms with van der Waals surface area (Å²) in [7, 11) is 0. The van der Waals surface area contributed by atoms with Crippen LogP contribution in [-0.4, -0.2) is 79.9 Å². The maximum Gasteiger partial charge on any atom is 0.252 e. The van der Waals surface area contributed by atoms with Gasteiger partial charge in [-0.25, -0.2) is 8.78 Å². The summed E-state index contributed by atoms with van der Waals surface area (Å²) in [6.45, 7) is 9.92. The van der Waals surface area contributed by atoms with Gasteiger partial charge in [-0.3, -0.25) is 9.69 Å². The Morgan fingerprint density at radius 2 is 1.88 bits per heavy atom. The Morgan fingerprint density at radius 1 is 1.07 bits per heavy atom. The summed E-state index contributed by atoms with van der Waals surface area (Å²) in [5.74, 6) is -2.48. The molecule has 1 saturated carbocycles. The summed E-state index contributed by atoms with van der Waals surface area (Å²) < 4.78 is 58.5. The summed E-state index contributed by atoms with van der Waals surface area (Å²) in [6.07, 6.45) is -1.13. The number of aryl methyl sites for hydroxylation is 1. The molecule has 10 heteroatoms. The molecule has 3 aliphatic rings. The Bertz CT molecular complexity index is 1210. The van der Waals surface area contributed by atoms with Crippen LogP contribution in [0.1, 0.15) is 43.4 Å². The Balaban J connectivity index is 1.37. The monoisotopic (exact) mass is 574 g/mol. The summed E-state index contributed by atoms with van der Waals surface area (Å²) >= 11 is 0. The van der Waals surface area contributed by atoms with E-state index in [0.717, 1.165) is 30.3 Å². The number of fused-ring (bicyclic) bond motifs is 1. The number of nitrogens with one attached hydrogen (secondary N) is 1. The predicted octanol–water partition coefficient (Wildman–Crippen LogP) is 3.88. The smallest absolute Gasteiger partial charge is 0.252 e.